The van der Waals surface area contributed by atoms with Crippen LogP contribution in [0.25, 0.3) is 0 Å². The molecule has 0 N–H and O–H groups in total. The van der Waals surface area contributed by atoms with Crippen molar-refractivity contribution < 1.29 is 17.3 Å². The van der Waals surface area contributed by atoms with Gasteiger partial charge in [0.25, 0.3) is 0 Å². The van der Waals surface area contributed by atoms with Crippen LogP contribution in [0.2, 0.25) is 0 Å². The van der Waals surface area contributed by atoms with E-state index >= 15 is 0 Å². The molecule has 0 bridgehead atoms. The van der Waals surface area contributed by atoms with Crippen LogP contribution in [0, 0.1) is 0 Å². The summed E-state index contributed by atoms with van der Waals surface area (Å²) in [7, 11) is -6.00. The van der Waals surface area contributed by atoms with Crippen molar-refractivity contribution in [3.63, 3.8) is 0 Å². The van der Waals surface area contributed by atoms with Gasteiger partial charge >= 0.3 is 7.25 Å². The van der Waals surface area contributed by atoms with Crippen LogP contribution < -0.4 is 0 Å². The molecule has 0 atom stereocenters. The number of hydrogen-bond donors (Lipinski definition) is 0. The first-order chi connectivity index (χ1) is 6.43. The highest BCUT2D eigenvalue weighted by Gasteiger charge is 2.20. The Labute approximate surface area is 81.2 Å². The normalized spacial score (nSPS) is 15.1. The van der Waals surface area contributed by atoms with Crippen LogP contribution in [0.3, 0.4) is 0 Å². The van der Waals surface area contributed by atoms with E-state index in [0.717, 1.165) is 6.54 Å². The number of nitrogens with zero attached hydrogens (tertiary/aromatic N) is 1. The van der Waals surface area contributed by atoms with Crippen LogP contribution in [-0.4, -0.2) is 25.2 Å². The van der Waals surface area contributed by atoms with Crippen LogP contribution in [-0.2, 0) is 0 Å². The predicted molar refractivity (Wildman–Crippen MR) is 50.3 cm³/mol. The third-order valence-electron chi connectivity index (χ3n) is 1.39. The summed E-state index contributed by atoms with van der Waals surface area (Å²) < 4.78 is 39.0. The lowest BCUT2D eigenvalue weighted by Crippen LogP contribution is -2.19. The number of rotatable bonds is 2. The van der Waals surface area contributed by atoms with Crippen molar-refractivity contribution in [3.8, 4) is 0 Å². The second-order valence-electron chi connectivity index (χ2n) is 2.76. The van der Waals surface area contributed by atoms with Gasteiger partial charge in [-0.2, -0.15) is 0 Å². The van der Waals surface area contributed by atoms with Crippen LogP contribution in [0.15, 0.2) is 24.4 Å². The molecule has 0 amide bonds. The minimum Gasteiger partial charge on any atom is -0.418 e. The maximum atomic E-state index is 9.75. The first kappa shape index (κ1) is 13.1. The first-order valence-electron chi connectivity index (χ1n) is 4.38. The average molecular weight is 210 g/mol. The van der Waals surface area contributed by atoms with E-state index in [1.807, 2.05) is 0 Å². The van der Waals surface area contributed by atoms with Crippen LogP contribution in [0.5, 0.6) is 0 Å². The molecule has 0 unspecified atom stereocenters. The van der Waals surface area contributed by atoms with Gasteiger partial charge in [-0.15, -0.1) is 0 Å². The maximum absolute atomic E-state index is 9.75. The highest BCUT2D eigenvalue weighted by Crippen LogP contribution is 2.06. The Morgan fingerprint density at radius 1 is 1.21 bits per heavy atom. The van der Waals surface area contributed by atoms with E-state index in [0.29, 0.717) is 0 Å². The molecule has 0 aromatic carbocycles. The molecule has 1 nitrogen and oxygen atoms in total. The number of halogens is 4. The second-order valence-corrected chi connectivity index (χ2v) is 2.76. The van der Waals surface area contributed by atoms with E-state index in [1.54, 1.807) is 0 Å². The predicted octanol–water partition coefficient (Wildman–Crippen LogP) is 3.08. The SMILES string of the molecule is CCCN1C=CC=CC1.F[B-](F)(F)F. The van der Waals surface area contributed by atoms with E-state index < -0.39 is 7.25 Å². The molecule has 0 aromatic rings. The monoisotopic (exact) mass is 210 g/mol. The van der Waals surface area contributed by atoms with Crippen molar-refractivity contribution in [1.29, 1.82) is 0 Å². The van der Waals surface area contributed by atoms with Crippen LogP contribution >= 0.6 is 0 Å². The average Bonchev–Trinajstić information content (AvgIpc) is 2.03. The van der Waals surface area contributed by atoms with Gasteiger partial charge in [0.2, 0.25) is 0 Å². The van der Waals surface area contributed by atoms with Gasteiger partial charge in [-0.1, -0.05) is 19.1 Å². The molecule has 1 heterocycles. The molecule has 14 heavy (non-hydrogen) atoms. The lowest BCUT2D eigenvalue weighted by atomic mass is 10.3. The van der Waals surface area contributed by atoms with E-state index in [2.05, 4.69) is 36.3 Å². The lowest BCUT2D eigenvalue weighted by Gasteiger charge is -2.18. The third kappa shape index (κ3) is 11.1. The van der Waals surface area contributed by atoms with E-state index in [4.69, 9.17) is 0 Å². The summed E-state index contributed by atoms with van der Waals surface area (Å²) in [6, 6.07) is 0. The first-order valence-corrected chi connectivity index (χ1v) is 4.38. The molecule has 0 saturated carbocycles. The molecule has 1 aliphatic rings. The van der Waals surface area contributed by atoms with Gasteiger partial charge in [-0.3, -0.25) is 0 Å². The van der Waals surface area contributed by atoms with Crippen LogP contribution in [0.1, 0.15) is 13.3 Å². The smallest absolute Gasteiger partial charge is 0.418 e. The van der Waals surface area contributed by atoms with Crippen molar-refractivity contribution in [3.05, 3.63) is 24.4 Å². The van der Waals surface area contributed by atoms with Gasteiger partial charge < -0.3 is 22.2 Å². The largest absolute Gasteiger partial charge is 0.673 e. The molecule has 1 aliphatic heterocycles. The summed E-state index contributed by atoms with van der Waals surface area (Å²) in [6.07, 6.45) is 9.72. The van der Waals surface area contributed by atoms with Gasteiger partial charge in [0, 0.05) is 13.1 Å². The standard InChI is InChI=1S/C8H13N.BF4/c1-2-6-9-7-4-3-5-8-9;2-1(3,4)5/h3-5,7H,2,6,8H2,1H3;/q;-1. The maximum Gasteiger partial charge on any atom is 0.673 e. The van der Waals surface area contributed by atoms with Crippen molar-refractivity contribution in [2.45, 2.75) is 13.3 Å². The summed E-state index contributed by atoms with van der Waals surface area (Å²) in [5, 5.41) is 0. The Morgan fingerprint density at radius 3 is 2.14 bits per heavy atom. The zero-order valence-corrected chi connectivity index (χ0v) is 7.97. The van der Waals surface area contributed by atoms with Crippen molar-refractivity contribution in [2.75, 3.05) is 13.1 Å². The van der Waals surface area contributed by atoms with E-state index in [1.165, 1.54) is 13.0 Å². The topological polar surface area (TPSA) is 3.24 Å². The lowest BCUT2D eigenvalue weighted by molar-refractivity contribution is 0.368. The fourth-order valence-electron chi connectivity index (χ4n) is 0.960. The Bertz CT molecular complexity index is 194. The second kappa shape index (κ2) is 6.51. The molecular formula is C8H13BF4N-. The molecule has 1 rings (SSSR count). The van der Waals surface area contributed by atoms with Crippen LogP contribution in [0.4, 0.5) is 17.3 Å². The molecule has 0 fully saturated rings. The molecule has 0 radical (unpaired) electrons. The summed E-state index contributed by atoms with van der Waals surface area (Å²) in [5.41, 5.74) is 0. The Kier molecular flexibility index (Phi) is 6.07. The van der Waals surface area contributed by atoms with Gasteiger partial charge in [-0.25, -0.2) is 0 Å². The third-order valence-corrected chi connectivity index (χ3v) is 1.39. The van der Waals surface area contributed by atoms with E-state index in [9.17, 15) is 17.3 Å². The molecule has 0 spiro atoms. The molecular weight excluding hydrogens is 197 g/mol. The number of allylic oxidation sites excluding steroid dienone is 2. The minimum atomic E-state index is -6.00. The zero-order chi connectivity index (χ0) is 11.0. The van der Waals surface area contributed by atoms with Gasteiger partial charge in [-0.05, 0) is 18.7 Å². The van der Waals surface area contributed by atoms with Gasteiger partial charge in [0.05, 0.1) is 0 Å². The highest BCUT2D eigenvalue weighted by atomic mass is 19.5. The summed E-state index contributed by atoms with van der Waals surface area (Å²) in [4.78, 5) is 2.31. The van der Waals surface area contributed by atoms with Crippen molar-refractivity contribution >= 4 is 7.25 Å². The minimum absolute atomic E-state index is 1.09. The Hall–Kier alpha value is -0.935. The molecule has 0 aliphatic carbocycles. The molecule has 0 saturated heterocycles. The molecule has 82 valence electrons. The molecule has 0 aromatic heterocycles. The fourth-order valence-corrected chi connectivity index (χ4v) is 0.960. The zero-order valence-electron chi connectivity index (χ0n) is 7.97. The quantitative estimate of drug-likeness (QED) is 0.500. The van der Waals surface area contributed by atoms with E-state index in [-0.39, 0.29) is 0 Å². The van der Waals surface area contributed by atoms with Crippen molar-refractivity contribution in [1.82, 2.24) is 4.90 Å². The van der Waals surface area contributed by atoms with Gasteiger partial charge in [0.1, 0.15) is 0 Å². The number of hydrogen-bond acceptors (Lipinski definition) is 1. The molecule has 6 heteroatoms. The Morgan fingerprint density at radius 2 is 1.79 bits per heavy atom. The van der Waals surface area contributed by atoms with Crippen molar-refractivity contribution in [2.24, 2.45) is 0 Å². The summed E-state index contributed by atoms with van der Waals surface area (Å²) in [5.74, 6) is 0. The fraction of sp³-hybridized carbons (Fsp3) is 0.500. The summed E-state index contributed by atoms with van der Waals surface area (Å²) >= 11 is 0. The Balaban J connectivity index is 0.000000292. The summed E-state index contributed by atoms with van der Waals surface area (Å²) in [6.45, 7) is 4.47. The highest BCUT2D eigenvalue weighted by molar-refractivity contribution is 6.50. The van der Waals surface area contributed by atoms with Gasteiger partial charge in [0.15, 0.2) is 0 Å².